The lowest BCUT2D eigenvalue weighted by molar-refractivity contribution is -0.383. The van der Waals surface area contributed by atoms with Gasteiger partial charge < -0.3 is 15.0 Å². The molecule has 0 aromatic heterocycles. The number of aryl methyl sites for hydroxylation is 2. The smallest absolute Gasteiger partial charge is 0.293 e. The second-order valence-electron chi connectivity index (χ2n) is 7.17. The molecule has 2 aromatic carbocycles. The van der Waals surface area contributed by atoms with Crippen molar-refractivity contribution >= 4 is 28.9 Å². The molecule has 30 heavy (non-hydrogen) atoms. The first-order valence-electron chi connectivity index (χ1n) is 9.93. The van der Waals surface area contributed by atoms with Crippen LogP contribution >= 0.6 is 0 Å². The van der Waals surface area contributed by atoms with E-state index in [1.807, 2.05) is 32.0 Å². The average Bonchev–Trinajstić information content (AvgIpc) is 3.14. The number of para-hydroxylation sites is 1. The van der Waals surface area contributed by atoms with Gasteiger partial charge in [-0.3, -0.25) is 19.7 Å². The number of nitrogens with zero attached hydrogens (tertiary/aromatic N) is 2. The molecule has 0 aliphatic carbocycles. The molecule has 1 atom stereocenters. The molecule has 0 saturated carbocycles. The standard InChI is InChI=1S/C22H25N3O5/c1-4-14-7-6-8-15(5-2)21(14)24-13-16(11-20(24)26)22(27)23-18-12-17(30-3)9-10-19(18)25(28)29/h6-10,12,16H,4-5,11,13H2,1-3H3,(H,23,27)/t16-/m1/s1. The SMILES string of the molecule is CCc1cccc(CC)c1N1C[C@H](C(=O)Nc2cc(OC)ccc2[N+](=O)[O-])CC1=O. The summed E-state index contributed by atoms with van der Waals surface area (Å²) in [5, 5.41) is 13.9. The predicted octanol–water partition coefficient (Wildman–Crippen LogP) is 3.72. The maximum atomic E-state index is 12.9. The minimum atomic E-state index is -0.599. The Balaban J connectivity index is 1.84. The van der Waals surface area contributed by atoms with Gasteiger partial charge in [0.2, 0.25) is 11.8 Å². The zero-order valence-electron chi connectivity index (χ0n) is 17.3. The number of nitro benzene ring substituents is 1. The van der Waals surface area contributed by atoms with Crippen molar-refractivity contribution in [2.45, 2.75) is 33.1 Å². The number of carbonyl (C=O) groups is 2. The second-order valence-corrected chi connectivity index (χ2v) is 7.17. The molecule has 3 rings (SSSR count). The molecule has 1 N–H and O–H groups in total. The summed E-state index contributed by atoms with van der Waals surface area (Å²) in [5.74, 6) is -0.748. The Hall–Kier alpha value is -3.42. The van der Waals surface area contributed by atoms with Crippen molar-refractivity contribution in [3.05, 3.63) is 57.6 Å². The molecule has 2 amide bonds. The van der Waals surface area contributed by atoms with Crippen LogP contribution in [0.25, 0.3) is 0 Å². The van der Waals surface area contributed by atoms with Crippen LogP contribution < -0.4 is 15.0 Å². The van der Waals surface area contributed by atoms with Crippen LogP contribution in [-0.2, 0) is 22.4 Å². The first-order valence-corrected chi connectivity index (χ1v) is 9.93. The summed E-state index contributed by atoms with van der Waals surface area (Å²) in [5.41, 5.74) is 2.84. The van der Waals surface area contributed by atoms with Gasteiger partial charge in [0.1, 0.15) is 11.4 Å². The van der Waals surface area contributed by atoms with Gasteiger partial charge >= 0.3 is 0 Å². The molecule has 8 nitrogen and oxygen atoms in total. The molecule has 0 radical (unpaired) electrons. The Labute approximate surface area is 175 Å². The fourth-order valence-electron chi connectivity index (χ4n) is 3.80. The van der Waals surface area contributed by atoms with Crippen molar-refractivity contribution in [1.82, 2.24) is 0 Å². The number of hydrogen-bond donors (Lipinski definition) is 1. The van der Waals surface area contributed by atoms with Crippen LogP contribution in [0.15, 0.2) is 36.4 Å². The predicted molar refractivity (Wildman–Crippen MR) is 114 cm³/mol. The maximum Gasteiger partial charge on any atom is 0.293 e. The van der Waals surface area contributed by atoms with E-state index in [0.29, 0.717) is 5.75 Å². The van der Waals surface area contributed by atoms with Gasteiger partial charge in [0.25, 0.3) is 5.69 Å². The van der Waals surface area contributed by atoms with E-state index in [1.165, 1.54) is 25.3 Å². The van der Waals surface area contributed by atoms with Gasteiger partial charge in [-0.05, 0) is 30.0 Å². The van der Waals surface area contributed by atoms with Crippen molar-refractivity contribution < 1.29 is 19.2 Å². The van der Waals surface area contributed by atoms with Gasteiger partial charge in [0.15, 0.2) is 0 Å². The van der Waals surface area contributed by atoms with Gasteiger partial charge in [0, 0.05) is 30.8 Å². The lowest BCUT2D eigenvalue weighted by atomic mass is 10.0. The fraction of sp³-hybridized carbons (Fsp3) is 0.364. The van der Waals surface area contributed by atoms with E-state index in [2.05, 4.69) is 5.32 Å². The lowest BCUT2D eigenvalue weighted by Gasteiger charge is -2.23. The number of amides is 2. The van der Waals surface area contributed by atoms with Crippen LogP contribution in [0.5, 0.6) is 5.75 Å². The van der Waals surface area contributed by atoms with E-state index in [1.54, 1.807) is 4.90 Å². The largest absolute Gasteiger partial charge is 0.497 e. The maximum absolute atomic E-state index is 12.9. The van der Waals surface area contributed by atoms with Crippen LogP contribution in [0, 0.1) is 16.0 Å². The second kappa shape index (κ2) is 8.94. The van der Waals surface area contributed by atoms with Crippen LogP contribution in [-0.4, -0.2) is 30.4 Å². The summed E-state index contributed by atoms with van der Waals surface area (Å²) in [6.07, 6.45) is 1.62. The number of nitrogens with one attached hydrogen (secondary N) is 1. The van der Waals surface area contributed by atoms with Crippen LogP contribution in [0.4, 0.5) is 17.1 Å². The Kier molecular flexibility index (Phi) is 6.34. The van der Waals surface area contributed by atoms with Crippen molar-refractivity contribution in [3.8, 4) is 5.75 Å². The third-order valence-electron chi connectivity index (χ3n) is 5.39. The highest BCUT2D eigenvalue weighted by atomic mass is 16.6. The van der Waals surface area contributed by atoms with E-state index in [-0.39, 0.29) is 30.2 Å². The average molecular weight is 411 g/mol. The Bertz CT molecular complexity index is 966. The van der Waals surface area contributed by atoms with Crippen LogP contribution in [0.3, 0.4) is 0 Å². The number of ether oxygens (including phenoxy) is 1. The minimum Gasteiger partial charge on any atom is -0.497 e. The third-order valence-corrected chi connectivity index (χ3v) is 5.39. The summed E-state index contributed by atoms with van der Waals surface area (Å²) in [7, 11) is 1.44. The van der Waals surface area contributed by atoms with Gasteiger partial charge in [0.05, 0.1) is 18.0 Å². The minimum absolute atomic E-state index is 0.0541. The molecule has 8 heteroatoms. The number of anilines is 2. The third kappa shape index (κ3) is 4.12. The quantitative estimate of drug-likeness (QED) is 0.553. The molecule has 0 unspecified atom stereocenters. The monoisotopic (exact) mass is 411 g/mol. The Morgan fingerprint density at radius 3 is 2.47 bits per heavy atom. The number of carbonyl (C=O) groups excluding carboxylic acids is 2. The molecular formula is C22H25N3O5. The van der Waals surface area contributed by atoms with Crippen LogP contribution in [0.1, 0.15) is 31.4 Å². The molecule has 1 aliphatic heterocycles. The summed E-state index contributed by atoms with van der Waals surface area (Å²) in [4.78, 5) is 38.1. The molecule has 1 heterocycles. The van der Waals surface area contributed by atoms with Gasteiger partial charge in [-0.2, -0.15) is 0 Å². The van der Waals surface area contributed by atoms with Crippen molar-refractivity contribution in [1.29, 1.82) is 0 Å². The molecule has 1 fully saturated rings. The Morgan fingerprint density at radius 2 is 1.90 bits per heavy atom. The topological polar surface area (TPSA) is 102 Å². The molecule has 1 saturated heterocycles. The highest BCUT2D eigenvalue weighted by Gasteiger charge is 2.37. The van der Waals surface area contributed by atoms with E-state index >= 15 is 0 Å². The molecule has 0 spiro atoms. The fourth-order valence-corrected chi connectivity index (χ4v) is 3.80. The van der Waals surface area contributed by atoms with E-state index < -0.39 is 16.7 Å². The Morgan fingerprint density at radius 1 is 1.23 bits per heavy atom. The number of rotatable bonds is 7. The molecule has 0 bridgehead atoms. The van der Waals surface area contributed by atoms with E-state index in [9.17, 15) is 19.7 Å². The normalized spacial score (nSPS) is 15.9. The number of methoxy groups -OCH3 is 1. The van der Waals surface area contributed by atoms with E-state index in [4.69, 9.17) is 4.74 Å². The van der Waals surface area contributed by atoms with E-state index in [0.717, 1.165) is 29.7 Å². The highest BCUT2D eigenvalue weighted by Crippen LogP contribution is 2.34. The molecule has 2 aromatic rings. The van der Waals surface area contributed by atoms with Crippen molar-refractivity contribution in [3.63, 3.8) is 0 Å². The van der Waals surface area contributed by atoms with Crippen LogP contribution in [0.2, 0.25) is 0 Å². The number of hydrogen-bond acceptors (Lipinski definition) is 5. The first kappa shape index (κ1) is 21.3. The van der Waals surface area contributed by atoms with Crippen molar-refractivity contribution in [2.24, 2.45) is 5.92 Å². The van der Waals surface area contributed by atoms with Gasteiger partial charge in [-0.25, -0.2) is 0 Å². The summed E-state index contributed by atoms with van der Waals surface area (Å²) < 4.78 is 5.10. The number of nitro groups is 1. The van der Waals surface area contributed by atoms with Gasteiger partial charge in [-0.15, -0.1) is 0 Å². The zero-order chi connectivity index (χ0) is 21.8. The molecule has 1 aliphatic rings. The summed E-state index contributed by atoms with van der Waals surface area (Å²) in [6, 6.07) is 10.1. The highest BCUT2D eigenvalue weighted by molar-refractivity contribution is 6.04. The lowest BCUT2D eigenvalue weighted by Crippen LogP contribution is -2.29. The number of benzene rings is 2. The summed E-state index contributed by atoms with van der Waals surface area (Å²) >= 11 is 0. The van der Waals surface area contributed by atoms with Gasteiger partial charge in [-0.1, -0.05) is 32.0 Å². The first-order chi connectivity index (χ1) is 14.4. The molecular weight excluding hydrogens is 386 g/mol. The van der Waals surface area contributed by atoms with Crippen molar-refractivity contribution in [2.75, 3.05) is 23.9 Å². The zero-order valence-corrected chi connectivity index (χ0v) is 17.3. The summed E-state index contributed by atoms with van der Waals surface area (Å²) in [6.45, 7) is 4.31. The molecule has 158 valence electrons.